The third-order valence-corrected chi connectivity index (χ3v) is 4.90. The molecular weight excluding hydrogens is 244 g/mol. The highest BCUT2D eigenvalue weighted by molar-refractivity contribution is 8.00. The van der Waals surface area contributed by atoms with Gasteiger partial charge >= 0.3 is 0 Å². The fourth-order valence-electron chi connectivity index (χ4n) is 2.44. The van der Waals surface area contributed by atoms with Crippen LogP contribution in [0.5, 0.6) is 0 Å². The fourth-order valence-corrected chi connectivity index (χ4v) is 3.66. The van der Waals surface area contributed by atoms with E-state index >= 15 is 0 Å². The van der Waals surface area contributed by atoms with Crippen molar-refractivity contribution in [3.63, 3.8) is 0 Å². The Morgan fingerprint density at radius 3 is 3.00 bits per heavy atom. The number of aryl methyl sites for hydroxylation is 1. The Kier molecular flexibility index (Phi) is 3.57. The second-order valence-electron chi connectivity index (χ2n) is 4.97. The Balaban J connectivity index is 1.66. The van der Waals surface area contributed by atoms with E-state index in [0.717, 1.165) is 31.8 Å². The van der Waals surface area contributed by atoms with Gasteiger partial charge in [-0.15, -0.1) is 11.8 Å². The summed E-state index contributed by atoms with van der Waals surface area (Å²) in [4.78, 5) is 12.3. The summed E-state index contributed by atoms with van der Waals surface area (Å²) < 4.78 is 0. The predicted octanol–water partition coefficient (Wildman–Crippen LogP) is 1.35. The molecule has 1 fully saturated rings. The van der Waals surface area contributed by atoms with Crippen LogP contribution in [0.25, 0.3) is 0 Å². The molecule has 0 radical (unpaired) electrons. The Morgan fingerprint density at radius 2 is 2.22 bits per heavy atom. The topological polar surface area (TPSA) is 41.1 Å². The van der Waals surface area contributed by atoms with Crippen molar-refractivity contribution in [3.05, 3.63) is 35.4 Å². The largest absolute Gasteiger partial charge is 0.354 e. The van der Waals surface area contributed by atoms with Gasteiger partial charge in [0.1, 0.15) is 5.25 Å². The minimum absolute atomic E-state index is 0.0111. The molecule has 1 unspecified atom stereocenters. The SMILES string of the molecule is O=C(NCC1CNC1)C1SCCc2ccccc21. The first-order chi connectivity index (χ1) is 8.84. The molecule has 2 heterocycles. The van der Waals surface area contributed by atoms with Crippen molar-refractivity contribution < 1.29 is 4.79 Å². The zero-order valence-electron chi connectivity index (χ0n) is 10.3. The summed E-state index contributed by atoms with van der Waals surface area (Å²) >= 11 is 1.76. The lowest BCUT2D eigenvalue weighted by Crippen LogP contribution is -2.48. The van der Waals surface area contributed by atoms with E-state index in [0.29, 0.717) is 5.92 Å². The van der Waals surface area contributed by atoms with Crippen molar-refractivity contribution >= 4 is 17.7 Å². The monoisotopic (exact) mass is 262 g/mol. The summed E-state index contributed by atoms with van der Waals surface area (Å²) in [7, 11) is 0. The molecule has 2 N–H and O–H groups in total. The molecule has 0 spiro atoms. The Bertz CT molecular complexity index is 445. The first-order valence-corrected chi connectivity index (χ1v) is 7.57. The summed E-state index contributed by atoms with van der Waals surface area (Å²) in [6.45, 7) is 2.88. The molecule has 1 atom stereocenters. The van der Waals surface area contributed by atoms with Crippen LogP contribution in [0, 0.1) is 5.92 Å². The van der Waals surface area contributed by atoms with Crippen LogP contribution in [0.4, 0.5) is 0 Å². The van der Waals surface area contributed by atoms with Gasteiger partial charge in [-0.3, -0.25) is 4.79 Å². The standard InChI is InChI=1S/C14H18N2OS/c17-14(16-9-10-7-15-8-10)13-12-4-2-1-3-11(12)5-6-18-13/h1-4,10,13,15H,5-9H2,(H,16,17). The van der Waals surface area contributed by atoms with Gasteiger partial charge in [0.05, 0.1) is 0 Å². The van der Waals surface area contributed by atoms with Crippen molar-refractivity contribution in [2.45, 2.75) is 11.7 Å². The van der Waals surface area contributed by atoms with Crippen LogP contribution in [0.3, 0.4) is 0 Å². The maximum absolute atomic E-state index is 12.3. The molecule has 1 amide bonds. The number of nitrogens with one attached hydrogen (secondary N) is 2. The molecule has 1 aromatic rings. The highest BCUT2D eigenvalue weighted by Gasteiger charge is 2.27. The third kappa shape index (κ3) is 2.40. The quantitative estimate of drug-likeness (QED) is 0.864. The van der Waals surface area contributed by atoms with Crippen molar-refractivity contribution in [1.29, 1.82) is 0 Å². The number of carbonyl (C=O) groups excluding carboxylic acids is 1. The smallest absolute Gasteiger partial charge is 0.237 e. The molecule has 0 saturated carbocycles. The minimum atomic E-state index is -0.0111. The maximum atomic E-state index is 12.3. The molecular formula is C14H18N2OS. The van der Waals surface area contributed by atoms with Gasteiger partial charge < -0.3 is 10.6 Å². The van der Waals surface area contributed by atoms with E-state index in [-0.39, 0.29) is 11.2 Å². The number of rotatable bonds is 3. The van der Waals surface area contributed by atoms with Gasteiger partial charge in [0, 0.05) is 25.6 Å². The normalized spacial score (nSPS) is 23.0. The number of thioether (sulfide) groups is 1. The molecule has 2 aliphatic heterocycles. The van der Waals surface area contributed by atoms with Gasteiger partial charge in [0.25, 0.3) is 0 Å². The first-order valence-electron chi connectivity index (χ1n) is 6.52. The van der Waals surface area contributed by atoms with Crippen LogP contribution in [0.2, 0.25) is 0 Å². The van der Waals surface area contributed by atoms with Crippen LogP contribution in [0.15, 0.2) is 24.3 Å². The molecule has 4 heteroatoms. The summed E-state index contributed by atoms with van der Waals surface area (Å²) in [5.74, 6) is 1.84. The van der Waals surface area contributed by atoms with E-state index in [1.54, 1.807) is 11.8 Å². The summed E-state index contributed by atoms with van der Waals surface area (Å²) in [5.41, 5.74) is 2.54. The number of fused-ring (bicyclic) bond motifs is 1. The second kappa shape index (κ2) is 5.33. The van der Waals surface area contributed by atoms with E-state index in [4.69, 9.17) is 0 Å². The number of hydrogen-bond donors (Lipinski definition) is 2. The Morgan fingerprint density at radius 1 is 1.39 bits per heavy atom. The lowest BCUT2D eigenvalue weighted by molar-refractivity contribution is -0.120. The van der Waals surface area contributed by atoms with Gasteiger partial charge in [-0.25, -0.2) is 0 Å². The van der Waals surface area contributed by atoms with Crippen molar-refractivity contribution in [3.8, 4) is 0 Å². The molecule has 3 nitrogen and oxygen atoms in total. The highest BCUT2D eigenvalue weighted by Crippen LogP contribution is 2.36. The highest BCUT2D eigenvalue weighted by atomic mass is 32.2. The third-order valence-electron chi connectivity index (χ3n) is 3.66. The summed E-state index contributed by atoms with van der Waals surface area (Å²) in [6.07, 6.45) is 1.08. The first kappa shape index (κ1) is 12.1. The van der Waals surface area contributed by atoms with Crippen LogP contribution >= 0.6 is 11.8 Å². The number of hydrogen-bond acceptors (Lipinski definition) is 3. The van der Waals surface area contributed by atoms with Crippen LogP contribution < -0.4 is 10.6 Å². The van der Waals surface area contributed by atoms with Gasteiger partial charge in [-0.2, -0.15) is 0 Å². The molecule has 0 aliphatic carbocycles. The van der Waals surface area contributed by atoms with Crippen molar-refractivity contribution in [2.75, 3.05) is 25.4 Å². The lowest BCUT2D eigenvalue weighted by Gasteiger charge is -2.29. The zero-order valence-corrected chi connectivity index (χ0v) is 11.1. The molecule has 0 aromatic heterocycles. The average molecular weight is 262 g/mol. The number of carbonyl (C=O) groups is 1. The van der Waals surface area contributed by atoms with Gasteiger partial charge in [-0.1, -0.05) is 24.3 Å². The fraction of sp³-hybridized carbons (Fsp3) is 0.500. The van der Waals surface area contributed by atoms with Crippen LogP contribution in [0.1, 0.15) is 16.4 Å². The van der Waals surface area contributed by atoms with E-state index in [9.17, 15) is 4.79 Å². The summed E-state index contributed by atoms with van der Waals surface area (Å²) in [6, 6.07) is 8.33. The van der Waals surface area contributed by atoms with E-state index in [2.05, 4.69) is 28.8 Å². The van der Waals surface area contributed by atoms with Gasteiger partial charge in [0.15, 0.2) is 0 Å². The summed E-state index contributed by atoms with van der Waals surface area (Å²) in [5, 5.41) is 6.31. The Hall–Kier alpha value is -1.00. The Labute approximate surface area is 112 Å². The second-order valence-corrected chi connectivity index (χ2v) is 6.18. The molecule has 1 saturated heterocycles. The minimum Gasteiger partial charge on any atom is -0.354 e. The molecule has 2 aliphatic rings. The van der Waals surface area contributed by atoms with Gasteiger partial charge in [-0.05, 0) is 23.3 Å². The molecule has 1 aromatic carbocycles. The van der Waals surface area contributed by atoms with Crippen LogP contribution in [-0.2, 0) is 11.2 Å². The van der Waals surface area contributed by atoms with Crippen LogP contribution in [-0.4, -0.2) is 31.3 Å². The van der Waals surface area contributed by atoms with E-state index in [1.807, 2.05) is 6.07 Å². The predicted molar refractivity (Wildman–Crippen MR) is 74.7 cm³/mol. The average Bonchev–Trinajstić information content (AvgIpc) is 2.36. The maximum Gasteiger partial charge on any atom is 0.237 e. The van der Waals surface area contributed by atoms with E-state index in [1.165, 1.54) is 11.1 Å². The number of amides is 1. The molecule has 18 heavy (non-hydrogen) atoms. The van der Waals surface area contributed by atoms with Gasteiger partial charge in [0.2, 0.25) is 5.91 Å². The zero-order chi connectivity index (χ0) is 12.4. The van der Waals surface area contributed by atoms with Crippen molar-refractivity contribution in [2.24, 2.45) is 5.92 Å². The molecule has 96 valence electrons. The van der Waals surface area contributed by atoms with Crippen molar-refractivity contribution in [1.82, 2.24) is 10.6 Å². The molecule has 0 bridgehead atoms. The number of benzene rings is 1. The molecule has 3 rings (SSSR count). The lowest BCUT2D eigenvalue weighted by atomic mass is 10.0. The van der Waals surface area contributed by atoms with E-state index < -0.39 is 0 Å².